The Labute approximate surface area is 141 Å². The molecule has 128 valence electrons. The Hall–Kier alpha value is -2.34. The number of carbonyl (C=O) groups is 1. The molecule has 1 aliphatic carbocycles. The summed E-state index contributed by atoms with van der Waals surface area (Å²) in [5, 5.41) is 23.2. The summed E-state index contributed by atoms with van der Waals surface area (Å²) in [6, 6.07) is 9.33. The summed E-state index contributed by atoms with van der Waals surface area (Å²) >= 11 is 0. The minimum absolute atomic E-state index is 0.117. The van der Waals surface area contributed by atoms with E-state index in [4.69, 9.17) is 0 Å². The number of nitrogens with one attached hydrogen (secondary N) is 3. The van der Waals surface area contributed by atoms with Crippen LogP contribution in [-0.2, 0) is 12.8 Å². The molecule has 0 fully saturated rings. The molecule has 0 saturated carbocycles. The molecule has 1 aromatic heterocycles. The topological polar surface area (TPSA) is 90.0 Å². The number of rotatable bonds is 5. The molecule has 3 rings (SSSR count). The van der Waals surface area contributed by atoms with E-state index in [2.05, 4.69) is 20.8 Å². The number of aromatic amines is 1. The highest BCUT2D eigenvalue weighted by molar-refractivity contribution is 5.74. The van der Waals surface area contributed by atoms with Gasteiger partial charge in [-0.15, -0.1) is 0 Å². The SMILES string of the molecule is CC(CC(O)c1ccccc1)NC(=O)NC1CCc2[nH]ncc2C1. The van der Waals surface area contributed by atoms with Crippen molar-refractivity contribution in [1.29, 1.82) is 0 Å². The van der Waals surface area contributed by atoms with Gasteiger partial charge in [0.05, 0.1) is 12.3 Å². The summed E-state index contributed by atoms with van der Waals surface area (Å²) in [7, 11) is 0. The lowest BCUT2D eigenvalue weighted by Gasteiger charge is -2.24. The lowest BCUT2D eigenvalue weighted by atomic mass is 9.94. The van der Waals surface area contributed by atoms with E-state index in [0.29, 0.717) is 6.42 Å². The highest BCUT2D eigenvalue weighted by atomic mass is 16.3. The Morgan fingerprint density at radius 1 is 1.42 bits per heavy atom. The summed E-state index contributed by atoms with van der Waals surface area (Å²) in [6.07, 6.45) is 4.35. The van der Waals surface area contributed by atoms with E-state index >= 15 is 0 Å². The molecule has 2 amide bonds. The summed E-state index contributed by atoms with van der Waals surface area (Å²) in [4.78, 5) is 12.2. The highest BCUT2D eigenvalue weighted by Crippen LogP contribution is 2.19. The van der Waals surface area contributed by atoms with Crippen LogP contribution in [0.3, 0.4) is 0 Å². The molecule has 2 aromatic rings. The predicted molar refractivity (Wildman–Crippen MR) is 91.5 cm³/mol. The van der Waals surface area contributed by atoms with Gasteiger partial charge in [-0.3, -0.25) is 5.10 Å². The van der Waals surface area contributed by atoms with Crippen LogP contribution in [0, 0.1) is 0 Å². The minimum atomic E-state index is -0.579. The standard InChI is InChI=1S/C18H24N4O2/c1-12(9-17(23)13-5-3-2-4-6-13)20-18(24)21-15-7-8-16-14(10-15)11-19-22-16/h2-6,11-12,15,17,23H,7-10H2,1H3,(H,19,22)(H2,20,21,24). The second-order valence-corrected chi connectivity index (χ2v) is 6.49. The number of aliphatic hydroxyl groups is 1. The Balaban J connectivity index is 1.45. The molecule has 0 aliphatic heterocycles. The van der Waals surface area contributed by atoms with Gasteiger partial charge in [-0.1, -0.05) is 30.3 Å². The van der Waals surface area contributed by atoms with Crippen LogP contribution in [0.5, 0.6) is 0 Å². The van der Waals surface area contributed by atoms with Crippen LogP contribution in [0.4, 0.5) is 4.79 Å². The number of aromatic nitrogens is 2. The number of nitrogens with zero attached hydrogens (tertiary/aromatic N) is 1. The molecular weight excluding hydrogens is 304 g/mol. The van der Waals surface area contributed by atoms with Crippen molar-refractivity contribution in [3.05, 3.63) is 53.3 Å². The first-order chi connectivity index (χ1) is 11.6. The van der Waals surface area contributed by atoms with Crippen molar-refractivity contribution in [2.45, 2.75) is 50.8 Å². The van der Waals surface area contributed by atoms with E-state index in [9.17, 15) is 9.90 Å². The molecule has 0 spiro atoms. The molecule has 6 heteroatoms. The fourth-order valence-electron chi connectivity index (χ4n) is 3.20. The van der Waals surface area contributed by atoms with E-state index in [1.54, 1.807) is 0 Å². The second kappa shape index (κ2) is 7.49. The van der Waals surface area contributed by atoms with Crippen LogP contribution in [0.1, 0.15) is 42.7 Å². The number of benzene rings is 1. The molecule has 3 atom stereocenters. The first-order valence-electron chi connectivity index (χ1n) is 8.43. The van der Waals surface area contributed by atoms with Crippen molar-refractivity contribution in [2.24, 2.45) is 0 Å². The molecule has 0 radical (unpaired) electrons. The summed E-state index contributed by atoms with van der Waals surface area (Å²) in [5.74, 6) is 0. The van der Waals surface area contributed by atoms with Gasteiger partial charge in [0.15, 0.2) is 0 Å². The molecule has 1 aromatic carbocycles. The molecule has 1 heterocycles. The Bertz CT molecular complexity index is 671. The minimum Gasteiger partial charge on any atom is -0.388 e. The Kier molecular flexibility index (Phi) is 5.15. The number of aryl methyl sites for hydroxylation is 1. The van der Waals surface area contributed by atoms with Gasteiger partial charge in [-0.05, 0) is 43.7 Å². The van der Waals surface area contributed by atoms with Gasteiger partial charge < -0.3 is 15.7 Å². The van der Waals surface area contributed by atoms with E-state index in [1.807, 2.05) is 43.5 Å². The molecular formula is C18H24N4O2. The molecule has 0 saturated heterocycles. The lowest BCUT2D eigenvalue weighted by molar-refractivity contribution is 0.154. The Morgan fingerprint density at radius 3 is 3.00 bits per heavy atom. The number of H-pyrrole nitrogens is 1. The molecule has 6 nitrogen and oxygen atoms in total. The van der Waals surface area contributed by atoms with E-state index in [1.165, 1.54) is 11.3 Å². The van der Waals surface area contributed by atoms with Gasteiger partial charge in [-0.25, -0.2) is 4.79 Å². The van der Waals surface area contributed by atoms with Crippen molar-refractivity contribution in [3.63, 3.8) is 0 Å². The summed E-state index contributed by atoms with van der Waals surface area (Å²) in [6.45, 7) is 1.90. The molecule has 1 aliphatic rings. The van der Waals surface area contributed by atoms with Gasteiger partial charge in [0.1, 0.15) is 0 Å². The van der Waals surface area contributed by atoms with Crippen LogP contribution >= 0.6 is 0 Å². The molecule has 24 heavy (non-hydrogen) atoms. The fourth-order valence-corrected chi connectivity index (χ4v) is 3.20. The number of hydrogen-bond donors (Lipinski definition) is 4. The third-order valence-electron chi connectivity index (χ3n) is 4.49. The van der Waals surface area contributed by atoms with Crippen molar-refractivity contribution >= 4 is 6.03 Å². The van der Waals surface area contributed by atoms with Gasteiger partial charge in [0.2, 0.25) is 0 Å². The number of hydrogen-bond acceptors (Lipinski definition) is 3. The number of carbonyl (C=O) groups excluding carboxylic acids is 1. The van der Waals surface area contributed by atoms with Gasteiger partial charge in [0, 0.05) is 17.8 Å². The van der Waals surface area contributed by atoms with Crippen LogP contribution in [0.25, 0.3) is 0 Å². The second-order valence-electron chi connectivity index (χ2n) is 6.49. The van der Waals surface area contributed by atoms with Crippen molar-refractivity contribution in [3.8, 4) is 0 Å². The van der Waals surface area contributed by atoms with Crippen LogP contribution in [0.15, 0.2) is 36.5 Å². The van der Waals surface area contributed by atoms with E-state index < -0.39 is 6.10 Å². The first-order valence-corrected chi connectivity index (χ1v) is 8.43. The van der Waals surface area contributed by atoms with E-state index in [0.717, 1.165) is 24.8 Å². The quantitative estimate of drug-likeness (QED) is 0.677. The zero-order valence-electron chi connectivity index (χ0n) is 13.8. The Morgan fingerprint density at radius 2 is 2.21 bits per heavy atom. The largest absolute Gasteiger partial charge is 0.388 e. The number of fused-ring (bicyclic) bond motifs is 1. The average Bonchev–Trinajstić information content (AvgIpc) is 3.03. The van der Waals surface area contributed by atoms with E-state index in [-0.39, 0.29) is 18.1 Å². The molecule has 3 unspecified atom stereocenters. The number of urea groups is 1. The zero-order valence-corrected chi connectivity index (χ0v) is 13.8. The first kappa shape index (κ1) is 16.5. The molecule has 0 bridgehead atoms. The average molecular weight is 328 g/mol. The molecule has 4 N–H and O–H groups in total. The summed E-state index contributed by atoms with van der Waals surface area (Å²) in [5.41, 5.74) is 3.22. The van der Waals surface area contributed by atoms with Gasteiger partial charge >= 0.3 is 6.03 Å². The maximum absolute atomic E-state index is 12.2. The smallest absolute Gasteiger partial charge is 0.315 e. The number of amides is 2. The van der Waals surface area contributed by atoms with Crippen molar-refractivity contribution in [1.82, 2.24) is 20.8 Å². The van der Waals surface area contributed by atoms with Crippen LogP contribution < -0.4 is 10.6 Å². The maximum Gasteiger partial charge on any atom is 0.315 e. The highest BCUT2D eigenvalue weighted by Gasteiger charge is 2.22. The van der Waals surface area contributed by atoms with Crippen molar-refractivity contribution in [2.75, 3.05) is 0 Å². The summed E-state index contributed by atoms with van der Waals surface area (Å²) < 4.78 is 0. The van der Waals surface area contributed by atoms with Crippen molar-refractivity contribution < 1.29 is 9.90 Å². The van der Waals surface area contributed by atoms with Crippen LogP contribution in [-0.4, -0.2) is 33.4 Å². The predicted octanol–water partition coefficient (Wildman–Crippen LogP) is 2.08. The maximum atomic E-state index is 12.2. The van der Waals surface area contributed by atoms with Crippen LogP contribution in [0.2, 0.25) is 0 Å². The van der Waals surface area contributed by atoms with Gasteiger partial charge in [0.25, 0.3) is 0 Å². The third kappa shape index (κ3) is 4.14. The lowest BCUT2D eigenvalue weighted by Crippen LogP contribution is -2.47. The zero-order chi connectivity index (χ0) is 16.9. The number of aliphatic hydroxyl groups excluding tert-OH is 1. The third-order valence-corrected chi connectivity index (χ3v) is 4.49. The normalized spacial score (nSPS) is 19.2. The fraction of sp³-hybridized carbons (Fsp3) is 0.444. The van der Waals surface area contributed by atoms with Gasteiger partial charge in [-0.2, -0.15) is 5.10 Å². The monoisotopic (exact) mass is 328 g/mol.